The highest BCUT2D eigenvalue weighted by Gasteiger charge is 2.31. The van der Waals surface area contributed by atoms with Crippen molar-refractivity contribution in [2.24, 2.45) is 0 Å². The average Bonchev–Trinajstić information content (AvgIpc) is 3.18. The van der Waals surface area contributed by atoms with Crippen LogP contribution in [0.2, 0.25) is 0 Å². The van der Waals surface area contributed by atoms with Gasteiger partial charge in [0.25, 0.3) is 0 Å². The number of hydrogen-bond donors (Lipinski definition) is 0. The lowest BCUT2D eigenvalue weighted by Gasteiger charge is -2.07. The highest BCUT2D eigenvalue weighted by Crippen LogP contribution is 2.30. The monoisotopic (exact) mass is 371 g/mol. The maximum atomic E-state index is 12.8. The number of esters is 1. The standard InChI is InChI=1S/C15H12F3N3O3S/c1-2-23-13(22)11-5-4-10(24-11)8-25-14-20-19-12-6-3-9(7-21(12)14)15(16,17)18/h3-7H,2,8H2,1H3. The van der Waals surface area contributed by atoms with Crippen LogP contribution in [0.15, 0.2) is 40.0 Å². The molecule has 0 amide bonds. The van der Waals surface area contributed by atoms with Gasteiger partial charge in [-0.3, -0.25) is 4.40 Å². The van der Waals surface area contributed by atoms with Gasteiger partial charge in [0, 0.05) is 6.20 Å². The van der Waals surface area contributed by atoms with Crippen molar-refractivity contribution in [3.05, 3.63) is 47.5 Å². The predicted molar refractivity (Wildman–Crippen MR) is 82.2 cm³/mol. The largest absolute Gasteiger partial charge is 0.460 e. The number of aromatic nitrogens is 3. The van der Waals surface area contributed by atoms with Crippen LogP contribution in [0.5, 0.6) is 0 Å². The van der Waals surface area contributed by atoms with Crippen molar-refractivity contribution in [1.29, 1.82) is 0 Å². The van der Waals surface area contributed by atoms with E-state index in [1.165, 1.54) is 16.5 Å². The van der Waals surface area contributed by atoms with Crippen molar-refractivity contribution in [2.75, 3.05) is 6.61 Å². The molecular weight excluding hydrogens is 359 g/mol. The highest BCUT2D eigenvalue weighted by atomic mass is 32.2. The first-order valence-electron chi connectivity index (χ1n) is 7.19. The molecule has 0 aliphatic carbocycles. The number of rotatable bonds is 5. The Balaban J connectivity index is 1.76. The molecule has 132 valence electrons. The molecule has 0 spiro atoms. The number of nitrogens with zero attached hydrogens (tertiary/aromatic N) is 3. The van der Waals surface area contributed by atoms with E-state index in [0.717, 1.165) is 24.0 Å². The molecule has 0 saturated heterocycles. The number of furan rings is 1. The van der Waals surface area contributed by atoms with Gasteiger partial charge in [-0.25, -0.2) is 4.79 Å². The van der Waals surface area contributed by atoms with Gasteiger partial charge < -0.3 is 9.15 Å². The smallest absolute Gasteiger partial charge is 0.417 e. The minimum absolute atomic E-state index is 0.0721. The zero-order valence-electron chi connectivity index (χ0n) is 12.9. The van der Waals surface area contributed by atoms with Gasteiger partial charge in [0.2, 0.25) is 5.76 Å². The molecule has 0 N–H and O–H groups in total. The van der Waals surface area contributed by atoms with E-state index in [1.807, 2.05) is 0 Å². The fraction of sp³-hybridized carbons (Fsp3) is 0.267. The summed E-state index contributed by atoms with van der Waals surface area (Å²) < 4.78 is 49.9. The van der Waals surface area contributed by atoms with Crippen molar-refractivity contribution >= 4 is 23.4 Å². The summed E-state index contributed by atoms with van der Waals surface area (Å²) in [4.78, 5) is 11.5. The minimum Gasteiger partial charge on any atom is -0.460 e. The molecule has 0 saturated carbocycles. The first-order chi connectivity index (χ1) is 11.9. The van der Waals surface area contributed by atoms with Gasteiger partial charge >= 0.3 is 12.1 Å². The Morgan fingerprint density at radius 2 is 2.08 bits per heavy atom. The Hall–Kier alpha value is -2.49. The molecule has 3 rings (SSSR count). The third kappa shape index (κ3) is 3.78. The normalized spacial score (nSPS) is 11.8. The fourth-order valence-corrected chi connectivity index (χ4v) is 2.85. The second-order valence-electron chi connectivity index (χ2n) is 4.90. The maximum absolute atomic E-state index is 12.8. The van der Waals surface area contributed by atoms with Gasteiger partial charge in [0.1, 0.15) is 5.76 Å². The van der Waals surface area contributed by atoms with E-state index in [0.29, 0.717) is 11.4 Å². The average molecular weight is 371 g/mol. The Bertz CT molecular complexity index is 904. The number of halogens is 3. The Labute approximate surface area is 144 Å². The topological polar surface area (TPSA) is 69.6 Å². The van der Waals surface area contributed by atoms with Gasteiger partial charge in [-0.1, -0.05) is 11.8 Å². The molecule has 0 radical (unpaired) electrons. The van der Waals surface area contributed by atoms with E-state index in [-0.39, 0.29) is 23.3 Å². The van der Waals surface area contributed by atoms with E-state index in [1.54, 1.807) is 13.0 Å². The lowest BCUT2D eigenvalue weighted by molar-refractivity contribution is -0.137. The van der Waals surface area contributed by atoms with Gasteiger partial charge in [0.05, 0.1) is 17.9 Å². The zero-order chi connectivity index (χ0) is 18.0. The van der Waals surface area contributed by atoms with Gasteiger partial charge in [-0.15, -0.1) is 10.2 Å². The summed E-state index contributed by atoms with van der Waals surface area (Å²) in [6.07, 6.45) is -3.50. The van der Waals surface area contributed by atoms with Crippen LogP contribution in [0.1, 0.15) is 28.8 Å². The molecule has 0 unspecified atom stereocenters. The van der Waals surface area contributed by atoms with Crippen LogP contribution in [0.3, 0.4) is 0 Å². The molecule has 6 nitrogen and oxygen atoms in total. The van der Waals surface area contributed by atoms with E-state index in [4.69, 9.17) is 9.15 Å². The van der Waals surface area contributed by atoms with Crippen LogP contribution in [0.25, 0.3) is 5.65 Å². The molecule has 0 bridgehead atoms. The second kappa shape index (κ2) is 6.79. The van der Waals surface area contributed by atoms with E-state index >= 15 is 0 Å². The molecule has 0 atom stereocenters. The predicted octanol–water partition coefficient (Wildman–Crippen LogP) is 3.81. The fourth-order valence-electron chi connectivity index (χ4n) is 2.04. The summed E-state index contributed by atoms with van der Waals surface area (Å²) in [6, 6.07) is 5.30. The molecule has 3 heterocycles. The van der Waals surface area contributed by atoms with Gasteiger partial charge in [-0.2, -0.15) is 13.2 Å². The number of carbonyl (C=O) groups excluding carboxylic acids is 1. The molecule has 3 aromatic heterocycles. The van der Waals surface area contributed by atoms with Crippen molar-refractivity contribution in [1.82, 2.24) is 14.6 Å². The summed E-state index contributed by atoms with van der Waals surface area (Å²) >= 11 is 1.14. The molecule has 3 aromatic rings. The van der Waals surface area contributed by atoms with Crippen molar-refractivity contribution in [3.63, 3.8) is 0 Å². The van der Waals surface area contributed by atoms with Crippen LogP contribution in [0, 0.1) is 0 Å². The number of thioether (sulfide) groups is 1. The SMILES string of the molecule is CCOC(=O)c1ccc(CSc2nnc3ccc(C(F)(F)F)cn23)o1. The van der Waals surface area contributed by atoms with Crippen LogP contribution in [-0.2, 0) is 16.7 Å². The zero-order valence-corrected chi connectivity index (χ0v) is 13.7. The summed E-state index contributed by atoms with van der Waals surface area (Å²) in [5.74, 6) is 0.248. The number of hydrogen-bond acceptors (Lipinski definition) is 6. The Morgan fingerprint density at radius 1 is 1.28 bits per heavy atom. The number of pyridine rings is 1. The van der Waals surface area contributed by atoms with Crippen LogP contribution in [-0.4, -0.2) is 27.2 Å². The molecule has 0 fully saturated rings. The third-order valence-corrected chi connectivity index (χ3v) is 4.15. The minimum atomic E-state index is -4.45. The van der Waals surface area contributed by atoms with Crippen LogP contribution in [0.4, 0.5) is 13.2 Å². The lowest BCUT2D eigenvalue weighted by Crippen LogP contribution is -2.06. The molecule has 0 aliphatic heterocycles. The molecule has 25 heavy (non-hydrogen) atoms. The second-order valence-corrected chi connectivity index (χ2v) is 5.84. The van der Waals surface area contributed by atoms with E-state index in [2.05, 4.69) is 10.2 Å². The van der Waals surface area contributed by atoms with Crippen molar-refractivity contribution < 1.29 is 27.1 Å². The summed E-state index contributed by atoms with van der Waals surface area (Å²) in [6.45, 7) is 1.92. The number of fused-ring (bicyclic) bond motifs is 1. The first kappa shape index (κ1) is 17.3. The summed E-state index contributed by atoms with van der Waals surface area (Å²) in [5, 5.41) is 8.00. The molecule has 0 aromatic carbocycles. The van der Waals surface area contributed by atoms with E-state index < -0.39 is 17.7 Å². The van der Waals surface area contributed by atoms with Crippen LogP contribution < -0.4 is 0 Å². The van der Waals surface area contributed by atoms with Crippen LogP contribution >= 0.6 is 11.8 Å². The number of carbonyl (C=O) groups is 1. The first-order valence-corrected chi connectivity index (χ1v) is 8.17. The quantitative estimate of drug-likeness (QED) is 0.502. The number of ether oxygens (including phenoxy) is 1. The van der Waals surface area contributed by atoms with Gasteiger partial charge in [0.15, 0.2) is 10.8 Å². The Morgan fingerprint density at radius 3 is 2.80 bits per heavy atom. The Kier molecular flexibility index (Phi) is 4.71. The summed E-state index contributed by atoms with van der Waals surface area (Å²) in [5.41, 5.74) is -0.480. The number of alkyl halides is 3. The third-order valence-electron chi connectivity index (χ3n) is 3.18. The van der Waals surface area contributed by atoms with Crippen molar-refractivity contribution in [3.8, 4) is 0 Å². The van der Waals surface area contributed by atoms with Crippen molar-refractivity contribution in [2.45, 2.75) is 24.0 Å². The maximum Gasteiger partial charge on any atom is 0.417 e. The lowest BCUT2D eigenvalue weighted by atomic mass is 10.3. The highest BCUT2D eigenvalue weighted by molar-refractivity contribution is 7.98. The molecule has 10 heteroatoms. The molecular formula is C15H12F3N3O3S. The van der Waals surface area contributed by atoms with E-state index in [9.17, 15) is 18.0 Å². The molecule has 0 aliphatic rings. The summed E-state index contributed by atoms with van der Waals surface area (Å²) in [7, 11) is 0. The van der Waals surface area contributed by atoms with Gasteiger partial charge in [-0.05, 0) is 31.2 Å².